The molecule has 6 nitrogen and oxygen atoms in total. The van der Waals surface area contributed by atoms with E-state index in [2.05, 4.69) is 14.7 Å². The van der Waals surface area contributed by atoms with E-state index in [9.17, 15) is 12.8 Å². The van der Waals surface area contributed by atoms with Crippen LogP contribution in [0.15, 0.2) is 29.3 Å². The average molecular weight is 317 g/mol. The minimum absolute atomic E-state index is 0.0653. The summed E-state index contributed by atoms with van der Waals surface area (Å²) in [6.07, 6.45) is 1.27. The lowest BCUT2D eigenvalue weighted by molar-refractivity contribution is 0.565. The fraction of sp³-hybridized carbons (Fsp3) is 0.0909. The number of nitrogen functional groups attached to an aromatic ring is 1. The molecular weight excluding hydrogens is 307 g/mol. The molecule has 1 heterocycles. The maximum atomic E-state index is 13.9. The van der Waals surface area contributed by atoms with Crippen LogP contribution in [0.2, 0.25) is 5.28 Å². The summed E-state index contributed by atoms with van der Waals surface area (Å²) in [4.78, 5) is 6.73. The molecule has 1 aromatic carbocycles. The summed E-state index contributed by atoms with van der Waals surface area (Å²) in [5, 5.41) is -0.130. The van der Waals surface area contributed by atoms with E-state index in [4.69, 9.17) is 17.3 Å². The highest BCUT2D eigenvalue weighted by Crippen LogP contribution is 2.23. The Hall–Kier alpha value is -1.93. The first kappa shape index (κ1) is 14.5. The Bertz CT molecular complexity index is 767. The molecule has 2 rings (SSSR count). The van der Waals surface area contributed by atoms with Crippen molar-refractivity contribution in [3.8, 4) is 0 Å². The van der Waals surface area contributed by atoms with Crippen molar-refractivity contribution in [1.29, 1.82) is 0 Å². The Kier molecular flexibility index (Phi) is 3.78. The van der Waals surface area contributed by atoms with Crippen molar-refractivity contribution in [1.82, 2.24) is 9.97 Å². The second kappa shape index (κ2) is 5.22. The average Bonchev–Trinajstić information content (AvgIpc) is 2.33. The zero-order valence-corrected chi connectivity index (χ0v) is 11.8. The molecule has 0 amide bonds. The lowest BCUT2D eigenvalue weighted by Gasteiger charge is -2.10. The summed E-state index contributed by atoms with van der Waals surface area (Å²) >= 11 is 5.55. The van der Waals surface area contributed by atoms with Gasteiger partial charge in [-0.1, -0.05) is 0 Å². The number of anilines is 2. The fourth-order valence-corrected chi connectivity index (χ4v) is 2.88. The normalized spacial score (nSPS) is 11.3. The number of halogens is 2. The number of nitrogens with two attached hydrogens (primary N) is 1. The van der Waals surface area contributed by atoms with Gasteiger partial charge in [0.1, 0.15) is 16.5 Å². The quantitative estimate of drug-likeness (QED) is 0.666. The van der Waals surface area contributed by atoms with Gasteiger partial charge >= 0.3 is 0 Å². The van der Waals surface area contributed by atoms with E-state index < -0.39 is 20.7 Å². The Labute approximate surface area is 119 Å². The molecular formula is C11H10ClFN4O2S. The van der Waals surface area contributed by atoms with Crippen LogP contribution in [0.4, 0.5) is 15.9 Å². The van der Waals surface area contributed by atoms with Gasteiger partial charge in [0.25, 0.3) is 10.0 Å². The van der Waals surface area contributed by atoms with E-state index in [0.29, 0.717) is 0 Å². The van der Waals surface area contributed by atoms with Gasteiger partial charge in [-0.3, -0.25) is 4.72 Å². The van der Waals surface area contributed by atoms with Crippen LogP contribution >= 0.6 is 11.6 Å². The van der Waals surface area contributed by atoms with Crippen LogP contribution in [-0.4, -0.2) is 18.4 Å². The van der Waals surface area contributed by atoms with Gasteiger partial charge in [-0.05, 0) is 42.3 Å². The zero-order chi connectivity index (χ0) is 14.9. The summed E-state index contributed by atoms with van der Waals surface area (Å²) in [6.45, 7) is 1.42. The lowest BCUT2D eigenvalue weighted by Crippen LogP contribution is -2.16. The SMILES string of the molecule is Cc1cc(N)cc(S(=O)(=O)Nc2ccnc(Cl)n2)c1F. The maximum absolute atomic E-state index is 13.9. The zero-order valence-electron chi connectivity index (χ0n) is 10.3. The topological polar surface area (TPSA) is 98.0 Å². The Morgan fingerprint density at radius 2 is 2.10 bits per heavy atom. The standard InChI is InChI=1S/C11H10ClFN4O2S/c1-6-4-7(14)5-8(10(6)13)20(18,19)17-9-2-3-15-11(12)16-9/h2-5H,14H2,1H3,(H,15,16,17). The highest BCUT2D eigenvalue weighted by molar-refractivity contribution is 7.92. The van der Waals surface area contributed by atoms with Gasteiger partial charge in [0.2, 0.25) is 5.28 Å². The molecule has 0 bridgehead atoms. The van der Waals surface area contributed by atoms with Crippen LogP contribution in [-0.2, 0) is 10.0 Å². The van der Waals surface area contributed by atoms with Crippen molar-refractivity contribution in [2.45, 2.75) is 11.8 Å². The van der Waals surface area contributed by atoms with Crippen molar-refractivity contribution in [2.24, 2.45) is 0 Å². The monoisotopic (exact) mass is 316 g/mol. The van der Waals surface area contributed by atoms with Crippen LogP contribution in [0.25, 0.3) is 0 Å². The first-order valence-electron chi connectivity index (χ1n) is 5.36. The van der Waals surface area contributed by atoms with Gasteiger partial charge in [-0.25, -0.2) is 17.8 Å². The van der Waals surface area contributed by atoms with Crippen molar-refractivity contribution in [3.63, 3.8) is 0 Å². The number of aromatic nitrogens is 2. The number of nitrogens with zero attached hydrogens (tertiary/aromatic N) is 2. The van der Waals surface area contributed by atoms with Gasteiger partial charge < -0.3 is 5.73 Å². The first-order valence-corrected chi connectivity index (χ1v) is 7.23. The van der Waals surface area contributed by atoms with E-state index in [1.54, 1.807) is 0 Å². The van der Waals surface area contributed by atoms with Crippen LogP contribution in [0.1, 0.15) is 5.56 Å². The third-order valence-electron chi connectivity index (χ3n) is 2.40. The molecule has 0 saturated heterocycles. The number of rotatable bonds is 3. The molecule has 20 heavy (non-hydrogen) atoms. The Balaban J connectivity index is 2.46. The molecule has 9 heteroatoms. The summed E-state index contributed by atoms with van der Waals surface area (Å²) in [5.41, 5.74) is 5.81. The molecule has 1 aromatic heterocycles. The van der Waals surface area contributed by atoms with Crippen molar-refractivity contribution < 1.29 is 12.8 Å². The maximum Gasteiger partial charge on any atom is 0.266 e. The highest BCUT2D eigenvalue weighted by Gasteiger charge is 2.22. The largest absolute Gasteiger partial charge is 0.399 e. The van der Waals surface area contributed by atoms with Gasteiger partial charge in [0.05, 0.1) is 0 Å². The number of sulfonamides is 1. The number of nitrogens with one attached hydrogen (secondary N) is 1. The third-order valence-corrected chi connectivity index (χ3v) is 3.93. The summed E-state index contributed by atoms with van der Waals surface area (Å²) in [5.74, 6) is -0.934. The lowest BCUT2D eigenvalue weighted by atomic mass is 10.2. The second-order valence-electron chi connectivity index (χ2n) is 3.97. The van der Waals surface area contributed by atoms with E-state index in [0.717, 1.165) is 6.07 Å². The van der Waals surface area contributed by atoms with Crippen LogP contribution in [0, 0.1) is 12.7 Å². The van der Waals surface area contributed by atoms with Crippen LogP contribution < -0.4 is 10.5 Å². The first-order chi connectivity index (χ1) is 9.29. The number of hydrogen-bond acceptors (Lipinski definition) is 5. The number of hydrogen-bond donors (Lipinski definition) is 2. The predicted octanol–water partition coefficient (Wildman–Crippen LogP) is 1.96. The molecule has 0 unspecified atom stereocenters. The van der Waals surface area contributed by atoms with Gasteiger partial charge in [-0.2, -0.15) is 4.98 Å². The molecule has 0 radical (unpaired) electrons. The molecule has 0 spiro atoms. The van der Waals surface area contributed by atoms with E-state index in [-0.39, 0.29) is 22.4 Å². The van der Waals surface area contributed by atoms with E-state index in [1.165, 1.54) is 25.3 Å². The van der Waals surface area contributed by atoms with Crippen LogP contribution in [0.5, 0.6) is 0 Å². The summed E-state index contributed by atoms with van der Waals surface area (Å²) < 4.78 is 40.3. The number of aryl methyl sites for hydroxylation is 1. The van der Waals surface area contributed by atoms with Gasteiger partial charge in [0, 0.05) is 11.9 Å². The number of benzene rings is 1. The van der Waals surface area contributed by atoms with E-state index >= 15 is 0 Å². The molecule has 2 aromatic rings. The minimum Gasteiger partial charge on any atom is -0.399 e. The summed E-state index contributed by atoms with van der Waals surface area (Å²) in [6, 6.07) is 3.67. The molecule has 0 aliphatic carbocycles. The van der Waals surface area contributed by atoms with E-state index in [1.807, 2.05) is 0 Å². The molecule has 3 N–H and O–H groups in total. The molecule has 0 saturated carbocycles. The smallest absolute Gasteiger partial charge is 0.266 e. The van der Waals surface area contributed by atoms with Crippen molar-refractivity contribution in [2.75, 3.05) is 10.5 Å². The van der Waals surface area contributed by atoms with Crippen molar-refractivity contribution >= 4 is 33.1 Å². The molecule has 106 valence electrons. The molecule has 0 aliphatic heterocycles. The molecule has 0 aliphatic rings. The third kappa shape index (κ3) is 2.97. The van der Waals surface area contributed by atoms with Gasteiger partial charge in [-0.15, -0.1) is 0 Å². The Morgan fingerprint density at radius 3 is 2.75 bits per heavy atom. The van der Waals surface area contributed by atoms with Crippen molar-refractivity contribution in [3.05, 3.63) is 41.1 Å². The van der Waals surface area contributed by atoms with Gasteiger partial charge in [0.15, 0.2) is 0 Å². The second-order valence-corrected chi connectivity index (χ2v) is 5.96. The van der Waals surface area contributed by atoms with Crippen LogP contribution in [0.3, 0.4) is 0 Å². The predicted molar refractivity (Wildman–Crippen MR) is 73.4 cm³/mol. The fourth-order valence-electron chi connectivity index (χ4n) is 1.54. The molecule has 0 fully saturated rings. The summed E-state index contributed by atoms with van der Waals surface area (Å²) in [7, 11) is -4.16. The minimum atomic E-state index is -4.16. The highest BCUT2D eigenvalue weighted by atomic mass is 35.5. The molecule has 0 atom stereocenters. The Morgan fingerprint density at radius 1 is 1.40 bits per heavy atom.